The van der Waals surface area contributed by atoms with Gasteiger partial charge in [0, 0.05) is 24.8 Å². The van der Waals surface area contributed by atoms with Crippen molar-refractivity contribution in [2.45, 2.75) is 57.5 Å². The Morgan fingerprint density at radius 3 is 2.76 bits per heavy atom. The zero-order valence-electron chi connectivity index (χ0n) is 13.0. The number of carbonyl (C=O) groups excluding carboxylic acids is 1. The molecule has 1 amide bonds. The summed E-state index contributed by atoms with van der Waals surface area (Å²) in [6.07, 6.45) is 9.20. The molecule has 2 N–H and O–H groups in total. The van der Waals surface area contributed by atoms with Gasteiger partial charge in [-0.25, -0.2) is 0 Å². The summed E-state index contributed by atoms with van der Waals surface area (Å²) in [5.41, 5.74) is 6.81. The second kappa shape index (κ2) is 6.22. The predicted octanol–water partition coefficient (Wildman–Crippen LogP) is 2.80. The Bertz CT molecular complexity index is 492. The Morgan fingerprint density at radius 2 is 2.10 bits per heavy atom. The van der Waals surface area contributed by atoms with Gasteiger partial charge in [0.2, 0.25) is 0 Å². The molecule has 3 rings (SSSR count). The van der Waals surface area contributed by atoms with E-state index in [4.69, 9.17) is 5.73 Å². The minimum atomic E-state index is 0.194. The van der Waals surface area contributed by atoms with Crippen LogP contribution in [0.5, 0.6) is 0 Å². The van der Waals surface area contributed by atoms with E-state index in [1.165, 1.54) is 25.7 Å². The Balaban J connectivity index is 1.81. The Kier molecular flexibility index (Phi) is 4.34. The van der Waals surface area contributed by atoms with Crippen molar-refractivity contribution in [2.75, 3.05) is 13.1 Å². The minimum absolute atomic E-state index is 0.194. The fourth-order valence-electron chi connectivity index (χ4n) is 3.80. The number of nitrogens with zero attached hydrogens (tertiary/aromatic N) is 2. The molecule has 1 aromatic rings. The van der Waals surface area contributed by atoms with Crippen LogP contribution in [-0.4, -0.2) is 34.5 Å². The molecule has 4 heteroatoms. The van der Waals surface area contributed by atoms with Gasteiger partial charge in [0.05, 0.1) is 0 Å². The van der Waals surface area contributed by atoms with E-state index in [-0.39, 0.29) is 5.91 Å². The molecule has 2 fully saturated rings. The van der Waals surface area contributed by atoms with Gasteiger partial charge in [-0.3, -0.25) is 4.79 Å². The van der Waals surface area contributed by atoms with Crippen molar-refractivity contribution < 1.29 is 4.79 Å². The molecule has 0 saturated heterocycles. The second-order valence-corrected chi connectivity index (χ2v) is 6.47. The molecule has 2 unspecified atom stereocenters. The third kappa shape index (κ3) is 2.86. The van der Waals surface area contributed by atoms with Gasteiger partial charge in [-0.05, 0) is 57.2 Å². The van der Waals surface area contributed by atoms with Crippen molar-refractivity contribution in [3.05, 3.63) is 24.0 Å². The first-order chi connectivity index (χ1) is 10.3. The number of nitrogens with two attached hydrogens (primary N) is 1. The third-order valence-electron chi connectivity index (χ3n) is 5.11. The highest BCUT2D eigenvalue weighted by Gasteiger charge is 2.34. The molecule has 1 aromatic heterocycles. The number of amides is 1. The van der Waals surface area contributed by atoms with Crippen molar-refractivity contribution in [3.8, 4) is 0 Å². The number of carbonyl (C=O) groups is 1. The van der Waals surface area contributed by atoms with E-state index < -0.39 is 0 Å². The van der Waals surface area contributed by atoms with Gasteiger partial charge in [-0.1, -0.05) is 12.8 Å². The highest BCUT2D eigenvalue weighted by molar-refractivity contribution is 5.93. The van der Waals surface area contributed by atoms with E-state index in [1.807, 2.05) is 12.1 Å². The highest BCUT2D eigenvalue weighted by Crippen LogP contribution is 2.37. The first-order valence-electron chi connectivity index (χ1n) is 8.44. The van der Waals surface area contributed by atoms with Crippen molar-refractivity contribution in [2.24, 2.45) is 11.7 Å². The van der Waals surface area contributed by atoms with Crippen LogP contribution in [0.4, 0.5) is 0 Å². The molecule has 0 radical (unpaired) electrons. The van der Waals surface area contributed by atoms with E-state index in [0.29, 0.717) is 24.5 Å². The van der Waals surface area contributed by atoms with Gasteiger partial charge in [-0.2, -0.15) is 0 Å². The maximum absolute atomic E-state index is 13.0. The summed E-state index contributed by atoms with van der Waals surface area (Å²) in [6, 6.07) is 4.85. The second-order valence-electron chi connectivity index (χ2n) is 6.47. The lowest BCUT2D eigenvalue weighted by Gasteiger charge is -2.39. The molecule has 0 aliphatic heterocycles. The zero-order valence-corrected chi connectivity index (χ0v) is 13.0. The summed E-state index contributed by atoms with van der Waals surface area (Å²) in [6.45, 7) is 3.55. The minimum Gasteiger partial charge on any atom is -0.340 e. The lowest BCUT2D eigenvalue weighted by Crippen LogP contribution is -2.48. The summed E-state index contributed by atoms with van der Waals surface area (Å²) in [4.78, 5) is 15.1. The average Bonchev–Trinajstić information content (AvgIpc) is 3.25. The molecular formula is C17H27N3O. The third-order valence-corrected chi connectivity index (χ3v) is 5.11. The quantitative estimate of drug-likeness (QED) is 0.906. The molecular weight excluding hydrogens is 262 g/mol. The first kappa shape index (κ1) is 14.6. The molecule has 21 heavy (non-hydrogen) atoms. The standard InChI is InChI=1S/C17H27N3O/c1-2-19(15-7-4-3-6-13(15)12-18)17(21)16-8-5-11-20(16)14-9-10-14/h5,8,11,13-15H,2-4,6-7,9-10,12,18H2,1H3. The molecule has 2 saturated carbocycles. The maximum atomic E-state index is 13.0. The topological polar surface area (TPSA) is 51.3 Å². The fourth-order valence-corrected chi connectivity index (χ4v) is 3.80. The molecule has 1 heterocycles. The van der Waals surface area contributed by atoms with Crippen LogP contribution in [0.1, 0.15) is 62.0 Å². The van der Waals surface area contributed by atoms with E-state index in [9.17, 15) is 4.79 Å². The van der Waals surface area contributed by atoms with Crippen molar-refractivity contribution in [1.29, 1.82) is 0 Å². The SMILES string of the molecule is CCN(C(=O)c1cccn1C1CC1)C1CCCCC1CN. The van der Waals surface area contributed by atoms with Crippen LogP contribution in [0.25, 0.3) is 0 Å². The Morgan fingerprint density at radius 1 is 1.33 bits per heavy atom. The van der Waals surface area contributed by atoms with Crippen LogP contribution in [-0.2, 0) is 0 Å². The smallest absolute Gasteiger partial charge is 0.270 e. The molecule has 2 aliphatic carbocycles. The lowest BCUT2D eigenvalue weighted by atomic mass is 9.83. The van der Waals surface area contributed by atoms with Gasteiger partial charge >= 0.3 is 0 Å². The summed E-state index contributed by atoms with van der Waals surface area (Å²) in [7, 11) is 0. The zero-order chi connectivity index (χ0) is 14.8. The van der Waals surface area contributed by atoms with Crippen molar-refractivity contribution in [3.63, 3.8) is 0 Å². The molecule has 116 valence electrons. The maximum Gasteiger partial charge on any atom is 0.270 e. The number of hydrogen-bond donors (Lipinski definition) is 1. The molecule has 2 aliphatic rings. The Labute approximate surface area is 127 Å². The normalized spacial score (nSPS) is 25.8. The van der Waals surface area contributed by atoms with Gasteiger partial charge in [-0.15, -0.1) is 0 Å². The van der Waals surface area contributed by atoms with Gasteiger partial charge in [0.25, 0.3) is 5.91 Å². The Hall–Kier alpha value is -1.29. The number of hydrogen-bond acceptors (Lipinski definition) is 2. The number of aromatic nitrogens is 1. The fraction of sp³-hybridized carbons (Fsp3) is 0.706. The van der Waals surface area contributed by atoms with Gasteiger partial charge < -0.3 is 15.2 Å². The molecule has 2 atom stereocenters. The van der Waals surface area contributed by atoms with E-state index in [0.717, 1.165) is 25.1 Å². The van der Waals surface area contributed by atoms with E-state index >= 15 is 0 Å². The highest BCUT2D eigenvalue weighted by atomic mass is 16.2. The molecule has 0 aromatic carbocycles. The number of rotatable bonds is 5. The van der Waals surface area contributed by atoms with E-state index in [1.54, 1.807) is 0 Å². The average molecular weight is 289 g/mol. The first-order valence-corrected chi connectivity index (χ1v) is 8.44. The van der Waals surface area contributed by atoms with Crippen LogP contribution < -0.4 is 5.73 Å². The van der Waals surface area contributed by atoms with Crippen LogP contribution >= 0.6 is 0 Å². The molecule has 0 bridgehead atoms. The van der Waals surface area contributed by atoms with Crippen LogP contribution in [0.2, 0.25) is 0 Å². The monoisotopic (exact) mass is 289 g/mol. The van der Waals surface area contributed by atoms with Gasteiger partial charge in [0.1, 0.15) is 5.69 Å². The van der Waals surface area contributed by atoms with Crippen molar-refractivity contribution in [1.82, 2.24) is 9.47 Å². The van der Waals surface area contributed by atoms with E-state index in [2.05, 4.69) is 22.6 Å². The van der Waals surface area contributed by atoms with Crippen molar-refractivity contribution >= 4 is 5.91 Å². The summed E-state index contributed by atoms with van der Waals surface area (Å²) < 4.78 is 2.17. The summed E-state index contributed by atoms with van der Waals surface area (Å²) >= 11 is 0. The predicted molar refractivity (Wildman–Crippen MR) is 84.2 cm³/mol. The van der Waals surface area contributed by atoms with Crippen LogP contribution in [0.3, 0.4) is 0 Å². The summed E-state index contributed by atoms with van der Waals surface area (Å²) in [5.74, 6) is 0.659. The lowest BCUT2D eigenvalue weighted by molar-refractivity contribution is 0.0549. The largest absolute Gasteiger partial charge is 0.340 e. The summed E-state index contributed by atoms with van der Waals surface area (Å²) in [5, 5.41) is 0. The molecule has 4 nitrogen and oxygen atoms in total. The molecule has 0 spiro atoms. The van der Waals surface area contributed by atoms with Crippen LogP contribution in [0.15, 0.2) is 18.3 Å². The van der Waals surface area contributed by atoms with Crippen LogP contribution in [0, 0.1) is 5.92 Å². The van der Waals surface area contributed by atoms with Gasteiger partial charge in [0.15, 0.2) is 0 Å².